The number of aromatic nitrogens is 2. The van der Waals surface area contributed by atoms with Crippen LogP contribution in [-0.4, -0.2) is 77.3 Å². The molecule has 0 spiro atoms. The van der Waals surface area contributed by atoms with E-state index in [1.165, 1.54) is 47.6 Å². The zero-order valence-corrected chi connectivity index (χ0v) is 27.4. The molecule has 0 saturated carbocycles. The maximum absolute atomic E-state index is 14.1. The predicted molar refractivity (Wildman–Crippen MR) is 177 cm³/mol. The fourth-order valence-electron chi connectivity index (χ4n) is 5.43. The minimum atomic E-state index is -0.664. The number of esters is 1. The van der Waals surface area contributed by atoms with Crippen molar-refractivity contribution in [1.29, 1.82) is 0 Å². The summed E-state index contributed by atoms with van der Waals surface area (Å²) in [5, 5.41) is 9.01. The number of piperazine rings is 1. The van der Waals surface area contributed by atoms with E-state index in [1.807, 2.05) is 4.90 Å². The van der Waals surface area contributed by atoms with Crippen LogP contribution in [-0.2, 0) is 19.2 Å². The monoisotopic (exact) mass is 663 g/mol. The molecule has 1 fully saturated rings. The van der Waals surface area contributed by atoms with Crippen LogP contribution >= 0.6 is 0 Å². The van der Waals surface area contributed by atoms with Crippen LogP contribution in [0.5, 0.6) is 0 Å². The molecule has 2 aromatic carbocycles. The van der Waals surface area contributed by atoms with Crippen molar-refractivity contribution in [1.82, 2.24) is 20.2 Å². The van der Waals surface area contributed by atoms with Gasteiger partial charge in [-0.3, -0.25) is 19.7 Å². The van der Waals surface area contributed by atoms with Gasteiger partial charge < -0.3 is 14.5 Å². The average molecular weight is 664 g/mol. The Labute approximate surface area is 278 Å². The van der Waals surface area contributed by atoms with E-state index in [-0.39, 0.29) is 24.3 Å². The molecule has 1 saturated heterocycles. The fourth-order valence-corrected chi connectivity index (χ4v) is 5.43. The fraction of sp³-hybridized carbons (Fsp3) is 0.429. The lowest BCUT2D eigenvalue weighted by Crippen LogP contribution is -2.47. The van der Waals surface area contributed by atoms with E-state index in [0.717, 1.165) is 31.4 Å². The Kier molecular flexibility index (Phi) is 13.4. The molecule has 48 heavy (non-hydrogen) atoms. The number of imide groups is 1. The minimum absolute atomic E-state index is 0.142. The molecule has 1 aromatic heterocycles. The molecule has 12 nitrogen and oxygen atoms in total. The Balaban J connectivity index is 0.000000395. The van der Waals surface area contributed by atoms with Gasteiger partial charge in [-0.2, -0.15) is 4.68 Å². The van der Waals surface area contributed by atoms with Gasteiger partial charge in [-0.15, -0.1) is 10.2 Å². The van der Waals surface area contributed by atoms with Gasteiger partial charge in [0.05, 0.1) is 36.3 Å². The summed E-state index contributed by atoms with van der Waals surface area (Å²) in [6.07, 6.45) is 10.2. The van der Waals surface area contributed by atoms with Crippen LogP contribution in [0.3, 0.4) is 0 Å². The number of hydrogen-bond acceptors (Lipinski definition) is 10. The summed E-state index contributed by atoms with van der Waals surface area (Å²) in [6.45, 7) is 5.88. The van der Waals surface area contributed by atoms with E-state index in [4.69, 9.17) is 9.57 Å². The summed E-state index contributed by atoms with van der Waals surface area (Å²) in [4.78, 5) is 65.5. The van der Waals surface area contributed by atoms with Gasteiger partial charge in [0.1, 0.15) is 5.82 Å². The van der Waals surface area contributed by atoms with Crippen molar-refractivity contribution in [2.45, 2.75) is 65.2 Å². The molecule has 3 aromatic rings. The van der Waals surface area contributed by atoms with Crippen LogP contribution in [0.2, 0.25) is 0 Å². The third-order valence-corrected chi connectivity index (χ3v) is 7.90. The molecule has 0 radical (unpaired) electrons. The van der Waals surface area contributed by atoms with Crippen molar-refractivity contribution in [3.8, 4) is 0 Å². The number of nitrogens with zero attached hydrogens (tertiary/aromatic N) is 4. The Hall–Kier alpha value is -4.91. The highest BCUT2D eigenvalue weighted by Crippen LogP contribution is 2.28. The average Bonchev–Trinajstić information content (AvgIpc) is 3.60. The topological polar surface area (TPSA) is 140 Å². The predicted octanol–water partition coefficient (Wildman–Crippen LogP) is 5.23. The normalized spacial score (nSPS) is 14.4. The smallest absolute Gasteiger partial charge is 0.349 e. The van der Waals surface area contributed by atoms with Gasteiger partial charge in [-0.1, -0.05) is 57.6 Å². The third kappa shape index (κ3) is 9.80. The number of amides is 2. The standard InChI is InChI=1S/C27H37FN4O5.C8H5NO2/c1-3-5-6-7-8-9-10-11-24(33)32-23-20-21(28)12-13-22(23)27(29-32)30-16-18-31(19-17-30)37-26(35)15-14-25(34)36-4-2;10-7-5-3-1-2-4-6(5)8(11)9-7/h12-15,20H,3-11,16-19H2,1-2H3;1-4H,(H,9,10,11)/b15-14-;. The van der Waals surface area contributed by atoms with Crippen LogP contribution in [0.1, 0.15) is 90.7 Å². The van der Waals surface area contributed by atoms with Gasteiger partial charge in [-0.05, 0) is 37.6 Å². The lowest BCUT2D eigenvalue weighted by Gasteiger charge is -2.33. The maximum atomic E-state index is 14.1. The molecule has 2 amide bonds. The minimum Gasteiger partial charge on any atom is -0.463 e. The van der Waals surface area contributed by atoms with E-state index in [2.05, 4.69) is 17.3 Å². The Morgan fingerprint density at radius 3 is 2.12 bits per heavy atom. The Bertz CT molecular complexity index is 1610. The molecule has 2 aliphatic rings. The zero-order chi connectivity index (χ0) is 34.5. The molecule has 5 rings (SSSR count). The van der Waals surface area contributed by atoms with Crippen molar-refractivity contribution in [3.63, 3.8) is 0 Å². The lowest BCUT2D eigenvalue weighted by atomic mass is 10.1. The highest BCUT2D eigenvalue weighted by molar-refractivity contribution is 6.21. The number of benzene rings is 2. The molecule has 2 aliphatic heterocycles. The van der Waals surface area contributed by atoms with E-state index < -0.39 is 17.8 Å². The Morgan fingerprint density at radius 1 is 0.854 bits per heavy atom. The molecule has 256 valence electrons. The molecular weight excluding hydrogens is 621 g/mol. The van der Waals surface area contributed by atoms with Gasteiger partial charge in [0.15, 0.2) is 5.82 Å². The van der Waals surface area contributed by atoms with Crippen LogP contribution in [0.25, 0.3) is 10.9 Å². The van der Waals surface area contributed by atoms with Crippen molar-refractivity contribution < 1.29 is 37.9 Å². The van der Waals surface area contributed by atoms with Crippen molar-refractivity contribution in [2.24, 2.45) is 0 Å². The number of ether oxygens (including phenoxy) is 1. The number of rotatable bonds is 13. The number of hydrogen-bond donors (Lipinski definition) is 1. The van der Waals surface area contributed by atoms with Gasteiger partial charge in [0.25, 0.3) is 11.8 Å². The summed E-state index contributed by atoms with van der Waals surface area (Å²) >= 11 is 0. The van der Waals surface area contributed by atoms with E-state index >= 15 is 0 Å². The first kappa shape index (κ1) is 35.9. The number of halogens is 1. The van der Waals surface area contributed by atoms with Crippen LogP contribution in [0, 0.1) is 5.82 Å². The highest BCUT2D eigenvalue weighted by Gasteiger charge is 2.26. The SMILES string of the molecule is CCCCCCCCCC(=O)n1nc(N2CCN(OC(=O)/C=C\C(=O)OCC)CC2)c2ccc(F)cc21.O=C1NC(=O)c2ccccc21. The summed E-state index contributed by atoms with van der Waals surface area (Å²) < 4.78 is 20.1. The molecule has 13 heteroatoms. The van der Waals surface area contributed by atoms with Crippen LogP contribution < -0.4 is 10.2 Å². The van der Waals surface area contributed by atoms with E-state index in [0.29, 0.717) is 60.4 Å². The zero-order valence-electron chi connectivity index (χ0n) is 27.4. The Morgan fingerprint density at radius 2 is 1.48 bits per heavy atom. The summed E-state index contributed by atoms with van der Waals surface area (Å²) in [5.41, 5.74) is 1.40. The maximum Gasteiger partial charge on any atom is 0.349 e. The molecule has 0 aliphatic carbocycles. The third-order valence-electron chi connectivity index (χ3n) is 7.90. The first-order valence-corrected chi connectivity index (χ1v) is 16.4. The number of hydroxylamine groups is 2. The molecular formula is C35H42FN5O7. The summed E-state index contributed by atoms with van der Waals surface area (Å²) in [5.74, 6) is -1.83. The van der Waals surface area contributed by atoms with Crippen molar-refractivity contribution >= 4 is 46.4 Å². The number of unbranched alkanes of at least 4 members (excludes halogenated alkanes) is 6. The molecule has 0 unspecified atom stereocenters. The van der Waals surface area contributed by atoms with Crippen LogP contribution in [0.4, 0.5) is 10.2 Å². The molecule has 0 bridgehead atoms. The molecule has 1 N–H and O–H groups in total. The number of anilines is 1. The van der Waals surface area contributed by atoms with Crippen molar-refractivity contribution in [3.05, 3.63) is 71.6 Å². The van der Waals surface area contributed by atoms with E-state index in [9.17, 15) is 28.4 Å². The van der Waals surface area contributed by atoms with E-state index in [1.54, 1.807) is 37.3 Å². The lowest BCUT2D eigenvalue weighted by molar-refractivity contribution is -0.185. The number of nitrogens with one attached hydrogen (secondary N) is 1. The number of fused-ring (bicyclic) bond motifs is 2. The van der Waals surface area contributed by atoms with Gasteiger partial charge in [0, 0.05) is 43.1 Å². The van der Waals surface area contributed by atoms with Crippen LogP contribution in [0.15, 0.2) is 54.6 Å². The second-order valence-electron chi connectivity index (χ2n) is 11.4. The number of carbonyl (C=O) groups is 5. The first-order valence-electron chi connectivity index (χ1n) is 16.4. The second kappa shape index (κ2) is 17.9. The number of carbonyl (C=O) groups excluding carboxylic acids is 5. The van der Waals surface area contributed by atoms with Gasteiger partial charge >= 0.3 is 11.9 Å². The van der Waals surface area contributed by atoms with Crippen molar-refractivity contribution in [2.75, 3.05) is 37.7 Å². The largest absolute Gasteiger partial charge is 0.463 e. The summed E-state index contributed by atoms with van der Waals surface area (Å²) in [6, 6.07) is 11.1. The second-order valence-corrected chi connectivity index (χ2v) is 11.4. The highest BCUT2D eigenvalue weighted by atomic mass is 19.1. The van der Waals surface area contributed by atoms with Gasteiger partial charge in [0.2, 0.25) is 5.91 Å². The first-order chi connectivity index (χ1) is 23.2. The molecule has 3 heterocycles. The summed E-state index contributed by atoms with van der Waals surface area (Å²) in [7, 11) is 0. The molecule has 0 atom stereocenters. The van der Waals surface area contributed by atoms with Gasteiger partial charge in [-0.25, -0.2) is 14.0 Å². The quantitative estimate of drug-likeness (QED) is 0.112.